The third kappa shape index (κ3) is 3.61. The Kier molecular flexibility index (Phi) is 5.30. The molecule has 2 atom stereocenters. The van der Waals surface area contributed by atoms with Crippen LogP contribution in [-0.4, -0.2) is 44.6 Å². The molecule has 4 rings (SSSR count). The number of fused-ring (bicyclic) bond motifs is 1. The van der Waals surface area contributed by atoms with E-state index < -0.39 is 11.4 Å². The maximum Gasteiger partial charge on any atom is 0.321 e. The van der Waals surface area contributed by atoms with E-state index in [1.54, 1.807) is 11.1 Å². The summed E-state index contributed by atoms with van der Waals surface area (Å²) >= 11 is 0. The Bertz CT molecular complexity index is 909. The number of amides is 2. The fourth-order valence-electron chi connectivity index (χ4n) is 4.81. The van der Waals surface area contributed by atoms with Crippen LogP contribution in [-0.2, 0) is 11.3 Å². The summed E-state index contributed by atoms with van der Waals surface area (Å²) in [6, 6.07) is 7.44. The molecule has 1 aliphatic heterocycles. The lowest BCUT2D eigenvalue weighted by Gasteiger charge is -2.23. The average molecular weight is 396 g/mol. The van der Waals surface area contributed by atoms with Crippen molar-refractivity contribution in [1.82, 2.24) is 14.5 Å². The number of anilines is 1. The molecular weight excluding hydrogens is 368 g/mol. The first-order valence-corrected chi connectivity index (χ1v) is 10.4. The second-order valence-corrected chi connectivity index (χ2v) is 8.24. The standard InChI is InChI=1S/C22H28N4O3/c1-2-3-11-25-12-10-23-19(25)16-6-4-8-18(13-16)24-21(29)26-14-17-7-5-9-22(17,15-26)20(27)28/h4,6,8,10,12-13,17H,2-3,5,7,9,11,14-15H2,1H3,(H,24,29)(H,27,28)/t17-,22+/m0/s1. The highest BCUT2D eigenvalue weighted by atomic mass is 16.4. The van der Waals surface area contributed by atoms with E-state index in [-0.39, 0.29) is 11.9 Å². The molecule has 1 aromatic heterocycles. The van der Waals surface area contributed by atoms with Crippen molar-refractivity contribution in [2.45, 2.75) is 45.6 Å². The summed E-state index contributed by atoms with van der Waals surface area (Å²) < 4.78 is 2.13. The minimum absolute atomic E-state index is 0.0585. The second-order valence-electron chi connectivity index (χ2n) is 8.24. The third-order valence-electron chi connectivity index (χ3n) is 6.42. The molecule has 1 saturated heterocycles. The number of likely N-dealkylation sites (tertiary alicyclic amines) is 1. The van der Waals surface area contributed by atoms with Gasteiger partial charge in [0.25, 0.3) is 0 Å². The first-order chi connectivity index (χ1) is 14.0. The number of carboxylic acids is 1. The zero-order valence-electron chi connectivity index (χ0n) is 16.8. The number of benzene rings is 1. The van der Waals surface area contributed by atoms with Gasteiger partial charge in [-0.1, -0.05) is 31.9 Å². The summed E-state index contributed by atoms with van der Waals surface area (Å²) in [4.78, 5) is 30.8. The fourth-order valence-corrected chi connectivity index (χ4v) is 4.81. The Hall–Kier alpha value is -2.83. The van der Waals surface area contributed by atoms with Gasteiger partial charge < -0.3 is 19.9 Å². The van der Waals surface area contributed by atoms with Gasteiger partial charge in [-0.05, 0) is 37.3 Å². The molecule has 29 heavy (non-hydrogen) atoms. The first-order valence-electron chi connectivity index (χ1n) is 10.4. The summed E-state index contributed by atoms with van der Waals surface area (Å²) in [5.74, 6) is 0.175. The van der Waals surface area contributed by atoms with E-state index in [4.69, 9.17) is 0 Å². The van der Waals surface area contributed by atoms with Gasteiger partial charge in [-0.15, -0.1) is 0 Å². The van der Waals surface area contributed by atoms with Gasteiger partial charge in [-0.3, -0.25) is 4.79 Å². The van der Waals surface area contributed by atoms with Crippen LogP contribution in [0.15, 0.2) is 36.7 Å². The minimum Gasteiger partial charge on any atom is -0.481 e. The van der Waals surface area contributed by atoms with Crippen molar-refractivity contribution in [2.24, 2.45) is 11.3 Å². The highest BCUT2D eigenvalue weighted by molar-refractivity contribution is 5.91. The second kappa shape index (κ2) is 7.89. The smallest absolute Gasteiger partial charge is 0.321 e. The predicted molar refractivity (Wildman–Crippen MR) is 111 cm³/mol. The van der Waals surface area contributed by atoms with Crippen molar-refractivity contribution in [2.75, 3.05) is 18.4 Å². The molecule has 2 heterocycles. The van der Waals surface area contributed by atoms with Crippen molar-refractivity contribution in [3.05, 3.63) is 36.7 Å². The molecule has 2 amide bonds. The lowest BCUT2D eigenvalue weighted by atomic mass is 9.81. The number of rotatable bonds is 6. The molecule has 0 radical (unpaired) electrons. The zero-order chi connectivity index (χ0) is 20.4. The molecule has 7 nitrogen and oxygen atoms in total. The van der Waals surface area contributed by atoms with Gasteiger partial charge in [0, 0.05) is 43.3 Å². The SMILES string of the molecule is CCCCn1ccnc1-c1cccc(NC(=O)N2C[C@@H]3CCC[C@@]3(C(=O)O)C2)c1. The van der Waals surface area contributed by atoms with Crippen LogP contribution < -0.4 is 5.32 Å². The number of hydrogen-bond acceptors (Lipinski definition) is 3. The van der Waals surface area contributed by atoms with Crippen LogP contribution in [0.25, 0.3) is 11.4 Å². The summed E-state index contributed by atoms with van der Waals surface area (Å²) in [5, 5.41) is 12.7. The molecule has 2 fully saturated rings. The number of nitrogens with one attached hydrogen (secondary N) is 1. The molecule has 0 bridgehead atoms. The van der Waals surface area contributed by atoms with Crippen molar-refractivity contribution in [1.29, 1.82) is 0 Å². The van der Waals surface area contributed by atoms with Gasteiger partial charge in [0.15, 0.2) is 0 Å². The molecule has 0 unspecified atom stereocenters. The van der Waals surface area contributed by atoms with E-state index in [0.29, 0.717) is 25.2 Å². The quantitative estimate of drug-likeness (QED) is 0.770. The molecule has 1 aromatic carbocycles. The van der Waals surface area contributed by atoms with Crippen molar-refractivity contribution >= 4 is 17.7 Å². The Balaban J connectivity index is 1.47. The number of carboxylic acid groups (broad SMARTS) is 1. The summed E-state index contributed by atoms with van der Waals surface area (Å²) in [5.41, 5.74) is 0.881. The molecular formula is C22H28N4O3. The van der Waals surface area contributed by atoms with Crippen LogP contribution in [0.5, 0.6) is 0 Å². The molecule has 0 spiro atoms. The van der Waals surface area contributed by atoms with E-state index in [2.05, 4.69) is 21.8 Å². The number of aromatic nitrogens is 2. The van der Waals surface area contributed by atoms with Crippen molar-refractivity contribution in [3.63, 3.8) is 0 Å². The highest BCUT2D eigenvalue weighted by Gasteiger charge is 2.55. The number of carbonyl (C=O) groups is 2. The molecule has 7 heteroatoms. The minimum atomic E-state index is -0.767. The van der Waals surface area contributed by atoms with Gasteiger partial charge in [-0.2, -0.15) is 0 Å². The van der Waals surface area contributed by atoms with E-state index in [9.17, 15) is 14.7 Å². The Labute approximate surface area is 170 Å². The van der Waals surface area contributed by atoms with Crippen molar-refractivity contribution in [3.8, 4) is 11.4 Å². The Morgan fingerprint density at radius 2 is 2.24 bits per heavy atom. The number of nitrogens with zero attached hydrogens (tertiary/aromatic N) is 3. The van der Waals surface area contributed by atoms with Crippen LogP contribution in [0.4, 0.5) is 10.5 Å². The van der Waals surface area contributed by atoms with E-state index in [0.717, 1.165) is 43.6 Å². The molecule has 2 aliphatic rings. The third-order valence-corrected chi connectivity index (χ3v) is 6.42. The molecule has 1 saturated carbocycles. The number of urea groups is 1. The summed E-state index contributed by atoms with van der Waals surface area (Å²) in [6.45, 7) is 3.88. The monoisotopic (exact) mass is 396 g/mol. The molecule has 2 N–H and O–H groups in total. The van der Waals surface area contributed by atoms with Crippen LogP contribution in [0, 0.1) is 11.3 Å². The van der Waals surface area contributed by atoms with Gasteiger partial charge in [0.1, 0.15) is 5.82 Å². The molecule has 2 aromatic rings. The van der Waals surface area contributed by atoms with Crippen LogP contribution in [0.2, 0.25) is 0 Å². The molecule has 154 valence electrons. The normalized spacial score (nSPS) is 23.2. The van der Waals surface area contributed by atoms with E-state index >= 15 is 0 Å². The lowest BCUT2D eigenvalue weighted by Crippen LogP contribution is -2.38. The first kappa shape index (κ1) is 19.5. The number of imidazole rings is 1. The number of hydrogen-bond donors (Lipinski definition) is 2. The lowest BCUT2D eigenvalue weighted by molar-refractivity contribution is -0.149. The average Bonchev–Trinajstić information content (AvgIpc) is 3.40. The summed E-state index contributed by atoms with van der Waals surface area (Å²) in [7, 11) is 0. The largest absolute Gasteiger partial charge is 0.481 e. The van der Waals surface area contributed by atoms with E-state index in [1.807, 2.05) is 30.5 Å². The van der Waals surface area contributed by atoms with Gasteiger partial charge in [-0.25, -0.2) is 9.78 Å². The topological polar surface area (TPSA) is 87.5 Å². The molecule has 1 aliphatic carbocycles. The number of aliphatic carboxylic acids is 1. The van der Waals surface area contributed by atoms with Crippen LogP contribution in [0.1, 0.15) is 39.0 Å². The highest BCUT2D eigenvalue weighted by Crippen LogP contribution is 2.48. The van der Waals surface area contributed by atoms with Crippen LogP contribution in [0.3, 0.4) is 0 Å². The predicted octanol–water partition coefficient (Wildman–Crippen LogP) is 4.07. The van der Waals surface area contributed by atoms with Gasteiger partial charge >= 0.3 is 12.0 Å². The Morgan fingerprint density at radius 1 is 1.38 bits per heavy atom. The van der Waals surface area contributed by atoms with Gasteiger partial charge in [0.2, 0.25) is 0 Å². The number of unbranched alkanes of at least 4 members (excludes halogenated alkanes) is 1. The number of aryl methyl sites for hydroxylation is 1. The number of carbonyl (C=O) groups excluding carboxylic acids is 1. The van der Waals surface area contributed by atoms with Crippen LogP contribution >= 0.6 is 0 Å². The van der Waals surface area contributed by atoms with Crippen molar-refractivity contribution < 1.29 is 14.7 Å². The zero-order valence-corrected chi connectivity index (χ0v) is 16.8. The fraction of sp³-hybridized carbons (Fsp3) is 0.500. The summed E-state index contributed by atoms with van der Waals surface area (Å²) in [6.07, 6.45) is 8.44. The Morgan fingerprint density at radius 3 is 3.00 bits per heavy atom. The van der Waals surface area contributed by atoms with E-state index in [1.165, 1.54) is 0 Å². The maximum atomic E-state index is 12.8. The van der Waals surface area contributed by atoms with Gasteiger partial charge in [0.05, 0.1) is 5.41 Å². The maximum absolute atomic E-state index is 12.8.